The molecule has 0 aliphatic carbocycles. The summed E-state index contributed by atoms with van der Waals surface area (Å²) >= 11 is 0. The first-order valence-corrected chi connectivity index (χ1v) is 5.49. The van der Waals surface area contributed by atoms with Crippen LogP contribution < -0.4 is 5.43 Å². The Morgan fingerprint density at radius 1 is 1.00 bits per heavy atom. The Bertz CT molecular complexity index is 303. The maximum atomic E-state index is 4.46. The molecule has 0 saturated heterocycles. The van der Waals surface area contributed by atoms with Gasteiger partial charge in [-0.3, -0.25) is 5.43 Å². The van der Waals surface area contributed by atoms with Crippen LogP contribution in [-0.4, -0.2) is 5.71 Å². The molecular weight excluding hydrogens is 184 g/mol. The van der Waals surface area contributed by atoms with E-state index in [1.807, 2.05) is 30.3 Å². The summed E-state index contributed by atoms with van der Waals surface area (Å²) in [6, 6.07) is 10.0. The van der Waals surface area contributed by atoms with Crippen LogP contribution in [0.15, 0.2) is 35.4 Å². The number of hydrogen-bond acceptors (Lipinski definition) is 2. The quantitative estimate of drug-likeness (QED) is 0.586. The molecule has 0 atom stereocenters. The fraction of sp³-hybridized carbons (Fsp3) is 0.462. The van der Waals surface area contributed by atoms with Gasteiger partial charge in [-0.05, 0) is 24.0 Å². The number of nitrogens with zero attached hydrogens (tertiary/aromatic N) is 1. The van der Waals surface area contributed by atoms with Crippen LogP contribution in [0.3, 0.4) is 0 Å². The molecule has 0 amide bonds. The molecule has 0 heterocycles. The average molecular weight is 204 g/mol. The third-order valence-corrected chi connectivity index (χ3v) is 2.27. The van der Waals surface area contributed by atoms with Gasteiger partial charge in [-0.1, -0.05) is 45.9 Å². The second kappa shape index (κ2) is 5.54. The molecule has 15 heavy (non-hydrogen) atoms. The zero-order valence-corrected chi connectivity index (χ0v) is 9.99. The first-order valence-electron chi connectivity index (χ1n) is 5.49. The van der Waals surface area contributed by atoms with Crippen molar-refractivity contribution < 1.29 is 0 Å². The summed E-state index contributed by atoms with van der Waals surface area (Å²) < 4.78 is 0. The largest absolute Gasteiger partial charge is 0.279 e. The average Bonchev–Trinajstić information content (AvgIpc) is 2.18. The van der Waals surface area contributed by atoms with Crippen LogP contribution in [0.5, 0.6) is 0 Å². The second-order valence-corrected chi connectivity index (χ2v) is 4.32. The van der Waals surface area contributed by atoms with Crippen molar-refractivity contribution in [2.45, 2.75) is 27.7 Å². The van der Waals surface area contributed by atoms with Gasteiger partial charge in [-0.2, -0.15) is 5.10 Å². The van der Waals surface area contributed by atoms with Crippen LogP contribution >= 0.6 is 0 Å². The number of hydrogen-bond donors (Lipinski definition) is 1. The molecule has 1 aromatic carbocycles. The standard InChI is InChI=1S/C13H20N2/c1-10(2)13(11(3)4)15-14-12-8-6-5-7-9-12/h5-11,14H,1-4H3. The molecule has 0 aliphatic heterocycles. The van der Waals surface area contributed by atoms with Crippen LogP contribution in [0.2, 0.25) is 0 Å². The minimum absolute atomic E-state index is 0.487. The molecule has 0 spiro atoms. The van der Waals surface area contributed by atoms with E-state index < -0.39 is 0 Å². The Kier molecular flexibility index (Phi) is 4.35. The molecule has 0 bridgehead atoms. The zero-order valence-electron chi connectivity index (χ0n) is 9.99. The second-order valence-electron chi connectivity index (χ2n) is 4.32. The van der Waals surface area contributed by atoms with Crippen molar-refractivity contribution >= 4 is 11.4 Å². The molecule has 0 aromatic heterocycles. The number of benzene rings is 1. The van der Waals surface area contributed by atoms with E-state index in [1.54, 1.807) is 0 Å². The maximum Gasteiger partial charge on any atom is 0.0561 e. The van der Waals surface area contributed by atoms with Gasteiger partial charge < -0.3 is 0 Å². The highest BCUT2D eigenvalue weighted by Gasteiger charge is 2.09. The normalized spacial score (nSPS) is 10.5. The van der Waals surface area contributed by atoms with Crippen LogP contribution in [0.25, 0.3) is 0 Å². The molecule has 1 rings (SSSR count). The molecule has 0 aliphatic rings. The molecule has 2 nitrogen and oxygen atoms in total. The van der Waals surface area contributed by atoms with Crippen molar-refractivity contribution in [3.63, 3.8) is 0 Å². The number of anilines is 1. The van der Waals surface area contributed by atoms with Gasteiger partial charge in [-0.25, -0.2) is 0 Å². The van der Waals surface area contributed by atoms with E-state index in [9.17, 15) is 0 Å². The van der Waals surface area contributed by atoms with Gasteiger partial charge in [0.1, 0.15) is 0 Å². The summed E-state index contributed by atoms with van der Waals surface area (Å²) in [5, 5.41) is 4.46. The number of hydrazone groups is 1. The minimum Gasteiger partial charge on any atom is -0.279 e. The Labute approximate surface area is 92.4 Å². The third kappa shape index (κ3) is 3.74. The molecule has 0 fully saturated rings. The van der Waals surface area contributed by atoms with Crippen molar-refractivity contribution in [3.05, 3.63) is 30.3 Å². The first kappa shape index (κ1) is 11.8. The predicted molar refractivity (Wildman–Crippen MR) is 67.2 cm³/mol. The lowest BCUT2D eigenvalue weighted by molar-refractivity contribution is 0.761. The lowest BCUT2D eigenvalue weighted by Crippen LogP contribution is -2.16. The summed E-state index contributed by atoms with van der Waals surface area (Å²) in [5.41, 5.74) is 5.34. The molecule has 82 valence electrons. The van der Waals surface area contributed by atoms with Crippen molar-refractivity contribution in [2.75, 3.05) is 5.43 Å². The Hall–Kier alpha value is -1.31. The van der Waals surface area contributed by atoms with E-state index >= 15 is 0 Å². The lowest BCUT2D eigenvalue weighted by Gasteiger charge is -2.14. The van der Waals surface area contributed by atoms with Gasteiger partial charge in [0.15, 0.2) is 0 Å². The van der Waals surface area contributed by atoms with Gasteiger partial charge in [0, 0.05) is 5.71 Å². The highest BCUT2D eigenvalue weighted by Crippen LogP contribution is 2.10. The Morgan fingerprint density at radius 2 is 1.53 bits per heavy atom. The maximum absolute atomic E-state index is 4.46. The topological polar surface area (TPSA) is 24.4 Å². The van der Waals surface area contributed by atoms with Gasteiger partial charge in [0.25, 0.3) is 0 Å². The van der Waals surface area contributed by atoms with E-state index in [0.29, 0.717) is 11.8 Å². The van der Waals surface area contributed by atoms with E-state index in [-0.39, 0.29) is 0 Å². The van der Waals surface area contributed by atoms with Crippen molar-refractivity contribution in [2.24, 2.45) is 16.9 Å². The summed E-state index contributed by atoms with van der Waals surface area (Å²) in [5.74, 6) is 0.974. The minimum atomic E-state index is 0.487. The lowest BCUT2D eigenvalue weighted by atomic mass is 9.98. The summed E-state index contributed by atoms with van der Waals surface area (Å²) in [6.07, 6.45) is 0. The van der Waals surface area contributed by atoms with Crippen molar-refractivity contribution in [1.82, 2.24) is 0 Å². The molecule has 1 N–H and O–H groups in total. The van der Waals surface area contributed by atoms with Crippen LogP contribution in [0.4, 0.5) is 5.69 Å². The summed E-state index contributed by atoms with van der Waals surface area (Å²) in [4.78, 5) is 0. The number of nitrogens with one attached hydrogen (secondary N) is 1. The first-order chi connectivity index (χ1) is 7.11. The van der Waals surface area contributed by atoms with Crippen LogP contribution in [-0.2, 0) is 0 Å². The molecule has 0 unspecified atom stereocenters. The van der Waals surface area contributed by atoms with Gasteiger partial charge >= 0.3 is 0 Å². The van der Waals surface area contributed by atoms with Crippen LogP contribution in [0.1, 0.15) is 27.7 Å². The zero-order chi connectivity index (χ0) is 11.3. The highest BCUT2D eigenvalue weighted by atomic mass is 15.3. The van der Waals surface area contributed by atoms with Gasteiger partial charge in [-0.15, -0.1) is 0 Å². The molecule has 0 saturated carbocycles. The fourth-order valence-electron chi connectivity index (χ4n) is 1.57. The van der Waals surface area contributed by atoms with Crippen molar-refractivity contribution in [3.8, 4) is 0 Å². The number of rotatable bonds is 4. The smallest absolute Gasteiger partial charge is 0.0561 e. The molecule has 1 aromatic rings. The monoisotopic (exact) mass is 204 g/mol. The molecule has 0 radical (unpaired) electrons. The Balaban J connectivity index is 2.70. The van der Waals surface area contributed by atoms with Crippen molar-refractivity contribution in [1.29, 1.82) is 0 Å². The van der Waals surface area contributed by atoms with Gasteiger partial charge in [0.2, 0.25) is 0 Å². The van der Waals surface area contributed by atoms with Gasteiger partial charge in [0.05, 0.1) is 5.69 Å². The highest BCUT2D eigenvalue weighted by molar-refractivity contribution is 5.88. The molecule has 2 heteroatoms. The Morgan fingerprint density at radius 3 is 2.00 bits per heavy atom. The van der Waals surface area contributed by atoms with E-state index in [0.717, 1.165) is 5.69 Å². The SMILES string of the molecule is CC(C)C(=NNc1ccccc1)C(C)C. The predicted octanol–water partition coefficient (Wildman–Crippen LogP) is 3.77. The molecular formula is C13H20N2. The van der Waals surface area contributed by atoms with Crippen LogP contribution in [0, 0.1) is 11.8 Å². The van der Waals surface area contributed by atoms with E-state index in [4.69, 9.17) is 0 Å². The van der Waals surface area contributed by atoms with E-state index in [1.165, 1.54) is 5.71 Å². The number of para-hydroxylation sites is 1. The summed E-state index contributed by atoms with van der Waals surface area (Å²) in [7, 11) is 0. The fourth-order valence-corrected chi connectivity index (χ4v) is 1.57. The van der Waals surface area contributed by atoms with E-state index in [2.05, 4.69) is 38.2 Å². The summed E-state index contributed by atoms with van der Waals surface area (Å²) in [6.45, 7) is 8.69. The third-order valence-electron chi connectivity index (χ3n) is 2.27.